The van der Waals surface area contributed by atoms with E-state index < -0.39 is 0 Å². The smallest absolute Gasteiger partial charge is 0.234 e. The lowest BCUT2D eigenvalue weighted by Gasteiger charge is -2.08. The van der Waals surface area contributed by atoms with Crippen LogP contribution in [0.15, 0.2) is 84.1 Å². The van der Waals surface area contributed by atoms with Crippen molar-refractivity contribution in [2.24, 2.45) is 0 Å². The second-order valence-corrected chi connectivity index (χ2v) is 7.47. The Bertz CT molecular complexity index is 1130. The summed E-state index contributed by atoms with van der Waals surface area (Å²) in [5.74, 6) is 7.18. The number of nitrogens with zero attached hydrogens (tertiary/aromatic N) is 4. The molecule has 0 aliphatic heterocycles. The van der Waals surface area contributed by atoms with E-state index in [2.05, 4.69) is 20.5 Å². The standard InChI is InChI=1S/C22H20N6O2S/c23-28-21(19-8-4-5-13-24-19)26-27-22(28)31-15-20(29)25-17-9-11-18(12-10-17)30-14-16-6-2-1-3-7-16/h1-13H,14-15,23H2,(H,25,29). The van der Waals surface area contributed by atoms with Gasteiger partial charge in [-0.05, 0) is 42.0 Å². The highest BCUT2D eigenvalue weighted by molar-refractivity contribution is 7.99. The summed E-state index contributed by atoms with van der Waals surface area (Å²) in [6, 6.07) is 22.6. The Morgan fingerprint density at radius 1 is 1.00 bits per heavy atom. The molecule has 0 atom stereocenters. The van der Waals surface area contributed by atoms with Crippen LogP contribution in [0.4, 0.5) is 5.69 Å². The second-order valence-electron chi connectivity index (χ2n) is 6.53. The lowest BCUT2D eigenvalue weighted by Crippen LogP contribution is -2.16. The summed E-state index contributed by atoms with van der Waals surface area (Å²) in [7, 11) is 0. The Labute approximate surface area is 183 Å². The van der Waals surface area contributed by atoms with Crippen molar-refractivity contribution in [1.82, 2.24) is 19.9 Å². The van der Waals surface area contributed by atoms with Gasteiger partial charge in [0.1, 0.15) is 18.1 Å². The van der Waals surface area contributed by atoms with Gasteiger partial charge < -0.3 is 15.9 Å². The molecule has 0 unspecified atom stereocenters. The summed E-state index contributed by atoms with van der Waals surface area (Å²) >= 11 is 1.20. The van der Waals surface area contributed by atoms with Gasteiger partial charge in [0, 0.05) is 11.9 Å². The molecule has 0 saturated carbocycles. The molecule has 0 saturated heterocycles. The Morgan fingerprint density at radius 2 is 1.77 bits per heavy atom. The van der Waals surface area contributed by atoms with E-state index in [9.17, 15) is 4.79 Å². The van der Waals surface area contributed by atoms with Crippen LogP contribution in [0.25, 0.3) is 11.5 Å². The second kappa shape index (κ2) is 9.77. The summed E-state index contributed by atoms with van der Waals surface area (Å²) in [5.41, 5.74) is 2.39. The fourth-order valence-corrected chi connectivity index (χ4v) is 3.40. The highest BCUT2D eigenvalue weighted by Gasteiger charge is 2.14. The van der Waals surface area contributed by atoms with Crippen molar-refractivity contribution >= 4 is 23.4 Å². The van der Waals surface area contributed by atoms with Crippen LogP contribution in [0.3, 0.4) is 0 Å². The van der Waals surface area contributed by atoms with Gasteiger partial charge in [0.15, 0.2) is 0 Å². The van der Waals surface area contributed by atoms with Crippen molar-refractivity contribution in [2.75, 3.05) is 16.9 Å². The fraction of sp³-hybridized carbons (Fsp3) is 0.0909. The summed E-state index contributed by atoms with van der Waals surface area (Å²) in [5, 5.41) is 11.4. The van der Waals surface area contributed by atoms with Crippen LogP contribution in [0, 0.1) is 0 Å². The predicted molar refractivity (Wildman–Crippen MR) is 120 cm³/mol. The number of hydrogen-bond acceptors (Lipinski definition) is 7. The average Bonchev–Trinajstić information content (AvgIpc) is 3.19. The molecule has 9 heteroatoms. The minimum Gasteiger partial charge on any atom is -0.489 e. The van der Waals surface area contributed by atoms with Crippen molar-refractivity contribution < 1.29 is 9.53 Å². The highest BCUT2D eigenvalue weighted by Crippen LogP contribution is 2.21. The first kappa shape index (κ1) is 20.4. The third-order valence-corrected chi connectivity index (χ3v) is 5.22. The molecule has 1 amide bonds. The maximum atomic E-state index is 12.3. The number of thioether (sulfide) groups is 1. The number of aromatic nitrogens is 4. The van der Waals surface area contributed by atoms with E-state index in [1.54, 1.807) is 24.4 Å². The molecule has 0 bridgehead atoms. The maximum Gasteiger partial charge on any atom is 0.234 e. The van der Waals surface area contributed by atoms with Gasteiger partial charge in [-0.25, -0.2) is 4.68 Å². The lowest BCUT2D eigenvalue weighted by molar-refractivity contribution is -0.113. The number of rotatable bonds is 8. The number of hydrogen-bond donors (Lipinski definition) is 2. The highest BCUT2D eigenvalue weighted by atomic mass is 32.2. The first-order chi connectivity index (χ1) is 15.2. The number of nitrogen functional groups attached to an aromatic ring is 1. The number of benzene rings is 2. The molecule has 8 nitrogen and oxygen atoms in total. The Balaban J connectivity index is 1.28. The Kier molecular flexibility index (Phi) is 6.44. The predicted octanol–water partition coefficient (Wildman–Crippen LogP) is 3.36. The summed E-state index contributed by atoms with van der Waals surface area (Å²) < 4.78 is 7.09. The average molecular weight is 433 g/mol. The molecule has 3 N–H and O–H groups in total. The molecule has 156 valence electrons. The largest absolute Gasteiger partial charge is 0.489 e. The van der Waals surface area contributed by atoms with Gasteiger partial charge in [-0.2, -0.15) is 0 Å². The van der Waals surface area contributed by atoms with Crippen LogP contribution >= 0.6 is 11.8 Å². The van der Waals surface area contributed by atoms with Crippen LogP contribution in [0.2, 0.25) is 0 Å². The van der Waals surface area contributed by atoms with Crippen molar-refractivity contribution in [2.45, 2.75) is 11.8 Å². The van der Waals surface area contributed by atoms with Gasteiger partial charge >= 0.3 is 0 Å². The minimum absolute atomic E-state index is 0.143. The minimum atomic E-state index is -0.176. The van der Waals surface area contributed by atoms with Gasteiger partial charge in [-0.1, -0.05) is 48.2 Å². The van der Waals surface area contributed by atoms with E-state index >= 15 is 0 Å². The molecular weight excluding hydrogens is 412 g/mol. The fourth-order valence-electron chi connectivity index (χ4n) is 2.75. The Hall–Kier alpha value is -3.85. The third-order valence-electron chi connectivity index (χ3n) is 4.28. The number of ether oxygens (including phenoxy) is 1. The number of carbonyl (C=O) groups is 1. The number of nitrogens with two attached hydrogens (primary N) is 1. The topological polar surface area (TPSA) is 108 Å². The molecule has 31 heavy (non-hydrogen) atoms. The molecule has 0 radical (unpaired) electrons. The van der Waals surface area contributed by atoms with Gasteiger partial charge in [0.2, 0.25) is 16.9 Å². The van der Waals surface area contributed by atoms with E-state index in [1.807, 2.05) is 54.6 Å². The third kappa shape index (κ3) is 5.40. The van der Waals surface area contributed by atoms with Crippen molar-refractivity contribution in [3.05, 3.63) is 84.6 Å². The maximum absolute atomic E-state index is 12.3. The normalized spacial score (nSPS) is 10.6. The quantitative estimate of drug-likeness (QED) is 0.325. The first-order valence-corrected chi connectivity index (χ1v) is 10.5. The van der Waals surface area contributed by atoms with Gasteiger partial charge in [0.05, 0.1) is 5.75 Å². The zero-order valence-corrected chi connectivity index (χ0v) is 17.3. The van der Waals surface area contributed by atoms with Crippen LogP contribution in [0.1, 0.15) is 5.56 Å². The number of nitrogens with one attached hydrogen (secondary N) is 1. The van der Waals surface area contributed by atoms with Crippen molar-refractivity contribution in [3.8, 4) is 17.3 Å². The molecule has 0 aliphatic carbocycles. The molecular formula is C22H20N6O2S. The molecule has 0 spiro atoms. The van der Waals surface area contributed by atoms with E-state index in [0.717, 1.165) is 11.3 Å². The van der Waals surface area contributed by atoms with Crippen LogP contribution in [-0.2, 0) is 11.4 Å². The van der Waals surface area contributed by atoms with E-state index in [4.69, 9.17) is 10.6 Å². The Morgan fingerprint density at radius 3 is 2.52 bits per heavy atom. The van der Waals surface area contributed by atoms with E-state index in [-0.39, 0.29) is 11.7 Å². The molecule has 2 heterocycles. The van der Waals surface area contributed by atoms with Crippen molar-refractivity contribution in [3.63, 3.8) is 0 Å². The molecule has 0 fully saturated rings. The van der Waals surface area contributed by atoms with Crippen molar-refractivity contribution in [1.29, 1.82) is 0 Å². The molecule has 2 aromatic carbocycles. The number of pyridine rings is 1. The zero-order valence-electron chi connectivity index (χ0n) is 16.5. The monoisotopic (exact) mass is 432 g/mol. The number of anilines is 1. The van der Waals surface area contributed by atoms with E-state index in [1.165, 1.54) is 16.4 Å². The lowest BCUT2D eigenvalue weighted by atomic mass is 10.2. The van der Waals surface area contributed by atoms with Crippen LogP contribution in [0.5, 0.6) is 5.75 Å². The first-order valence-electron chi connectivity index (χ1n) is 9.50. The molecule has 4 rings (SSSR count). The van der Waals surface area contributed by atoms with Gasteiger partial charge in [-0.3, -0.25) is 9.78 Å². The molecule has 0 aliphatic rings. The number of carbonyl (C=O) groups excluding carboxylic acids is 1. The molecule has 2 aromatic heterocycles. The van der Waals surface area contributed by atoms with Gasteiger partial charge in [-0.15, -0.1) is 10.2 Å². The molecule has 4 aromatic rings. The summed E-state index contributed by atoms with van der Waals surface area (Å²) in [6.07, 6.45) is 1.66. The van der Waals surface area contributed by atoms with E-state index in [0.29, 0.717) is 29.0 Å². The zero-order chi connectivity index (χ0) is 21.5. The summed E-state index contributed by atoms with van der Waals surface area (Å²) in [4.78, 5) is 16.5. The van der Waals surface area contributed by atoms with Gasteiger partial charge in [0.25, 0.3) is 0 Å². The SMILES string of the molecule is Nn1c(SCC(=O)Nc2ccc(OCc3ccccc3)cc2)nnc1-c1ccccn1. The number of amides is 1. The van der Waals surface area contributed by atoms with Crippen LogP contribution in [-0.4, -0.2) is 31.5 Å². The van der Waals surface area contributed by atoms with Crippen LogP contribution < -0.4 is 15.9 Å². The summed E-state index contributed by atoms with van der Waals surface area (Å²) in [6.45, 7) is 0.490.